The Balaban J connectivity index is 2.23. The van der Waals surface area contributed by atoms with Gasteiger partial charge >= 0.3 is 0 Å². The van der Waals surface area contributed by atoms with E-state index in [0.29, 0.717) is 17.3 Å². The van der Waals surface area contributed by atoms with E-state index in [9.17, 15) is 5.26 Å². The molecular formula is C13H11N5S. The average Bonchev–Trinajstić information content (AvgIpc) is 2.96. The van der Waals surface area contributed by atoms with Gasteiger partial charge in [0.2, 0.25) is 4.96 Å². The zero-order valence-electron chi connectivity index (χ0n) is 10.5. The quantitative estimate of drug-likeness (QED) is 0.717. The van der Waals surface area contributed by atoms with Gasteiger partial charge in [-0.25, -0.2) is 4.98 Å². The molecule has 0 atom stereocenters. The predicted octanol–water partition coefficient (Wildman–Crippen LogP) is 2.85. The third kappa shape index (κ3) is 1.88. The number of aromatic nitrogens is 4. The summed E-state index contributed by atoms with van der Waals surface area (Å²) in [5.41, 5.74) is 1.94. The molecule has 3 aromatic heterocycles. The second-order valence-corrected chi connectivity index (χ2v) is 5.44. The van der Waals surface area contributed by atoms with Crippen LogP contribution in [-0.4, -0.2) is 19.6 Å². The third-order valence-electron chi connectivity index (χ3n) is 2.75. The van der Waals surface area contributed by atoms with Crippen LogP contribution in [0.4, 0.5) is 0 Å². The summed E-state index contributed by atoms with van der Waals surface area (Å²) in [6, 6.07) is 5.91. The Labute approximate surface area is 114 Å². The maximum Gasteiger partial charge on any atom is 0.214 e. The molecule has 0 saturated carbocycles. The summed E-state index contributed by atoms with van der Waals surface area (Å²) in [5, 5.41) is 14.8. The Kier molecular flexibility index (Phi) is 2.76. The summed E-state index contributed by atoms with van der Waals surface area (Å²) in [4.78, 5) is 9.32. The fourth-order valence-corrected chi connectivity index (χ4v) is 2.70. The van der Waals surface area contributed by atoms with Crippen molar-refractivity contribution in [1.29, 1.82) is 5.26 Å². The van der Waals surface area contributed by atoms with Gasteiger partial charge in [-0.1, -0.05) is 25.2 Å². The SMILES string of the molecule is CC(C)c1nn2c(C#N)c(-c3cccnc3)nc2s1. The Morgan fingerprint density at radius 3 is 2.89 bits per heavy atom. The first kappa shape index (κ1) is 11.8. The maximum absolute atomic E-state index is 9.35. The zero-order chi connectivity index (χ0) is 13.4. The van der Waals surface area contributed by atoms with Gasteiger partial charge in [0.1, 0.15) is 16.8 Å². The Bertz CT molecular complexity index is 764. The number of nitriles is 1. The fourth-order valence-electron chi connectivity index (χ4n) is 1.80. The molecule has 0 radical (unpaired) electrons. The molecule has 0 saturated heterocycles. The topological polar surface area (TPSA) is 66.9 Å². The number of pyridine rings is 1. The minimum atomic E-state index is 0.333. The van der Waals surface area contributed by atoms with Crippen LogP contribution in [0.15, 0.2) is 24.5 Å². The molecule has 0 aliphatic rings. The van der Waals surface area contributed by atoms with Crippen molar-refractivity contribution in [2.24, 2.45) is 0 Å². The molecule has 0 N–H and O–H groups in total. The first-order valence-corrected chi connectivity index (χ1v) is 6.72. The van der Waals surface area contributed by atoms with E-state index in [4.69, 9.17) is 0 Å². The number of fused-ring (bicyclic) bond motifs is 1. The van der Waals surface area contributed by atoms with Crippen LogP contribution in [0.3, 0.4) is 0 Å². The highest BCUT2D eigenvalue weighted by Crippen LogP contribution is 2.28. The highest BCUT2D eigenvalue weighted by atomic mass is 32.1. The molecule has 0 aliphatic carbocycles. The van der Waals surface area contributed by atoms with E-state index in [1.54, 1.807) is 16.9 Å². The van der Waals surface area contributed by atoms with Gasteiger partial charge in [0, 0.05) is 23.9 Å². The zero-order valence-corrected chi connectivity index (χ0v) is 11.3. The third-order valence-corrected chi connectivity index (χ3v) is 3.96. The molecule has 3 aromatic rings. The second-order valence-electron chi connectivity index (χ2n) is 4.45. The van der Waals surface area contributed by atoms with Crippen molar-refractivity contribution in [2.45, 2.75) is 19.8 Å². The van der Waals surface area contributed by atoms with E-state index in [1.807, 2.05) is 12.1 Å². The van der Waals surface area contributed by atoms with Gasteiger partial charge in [0.15, 0.2) is 5.69 Å². The monoisotopic (exact) mass is 269 g/mol. The lowest BCUT2D eigenvalue weighted by Crippen LogP contribution is -1.93. The summed E-state index contributed by atoms with van der Waals surface area (Å²) >= 11 is 1.52. The van der Waals surface area contributed by atoms with Crippen molar-refractivity contribution in [3.05, 3.63) is 35.2 Å². The van der Waals surface area contributed by atoms with Gasteiger partial charge in [-0.3, -0.25) is 4.98 Å². The van der Waals surface area contributed by atoms with E-state index in [2.05, 4.69) is 35.0 Å². The summed E-state index contributed by atoms with van der Waals surface area (Å²) < 4.78 is 1.63. The van der Waals surface area contributed by atoms with Crippen LogP contribution in [0.2, 0.25) is 0 Å². The summed E-state index contributed by atoms with van der Waals surface area (Å²) in [5.74, 6) is 0.333. The summed E-state index contributed by atoms with van der Waals surface area (Å²) in [6.45, 7) is 4.15. The molecule has 0 unspecified atom stereocenters. The van der Waals surface area contributed by atoms with Crippen LogP contribution >= 0.6 is 11.3 Å². The molecule has 5 nitrogen and oxygen atoms in total. The molecule has 19 heavy (non-hydrogen) atoms. The van der Waals surface area contributed by atoms with Crippen LogP contribution in [0.1, 0.15) is 30.5 Å². The average molecular weight is 269 g/mol. The van der Waals surface area contributed by atoms with E-state index in [0.717, 1.165) is 15.5 Å². The van der Waals surface area contributed by atoms with Crippen molar-refractivity contribution < 1.29 is 0 Å². The number of rotatable bonds is 2. The van der Waals surface area contributed by atoms with Crippen molar-refractivity contribution in [2.75, 3.05) is 0 Å². The first-order valence-electron chi connectivity index (χ1n) is 5.90. The van der Waals surface area contributed by atoms with Gasteiger partial charge in [-0.15, -0.1) is 0 Å². The van der Waals surface area contributed by atoms with Gasteiger partial charge in [0.25, 0.3) is 0 Å². The Hall–Kier alpha value is -2.26. The largest absolute Gasteiger partial charge is 0.264 e. The number of nitrogens with zero attached hydrogens (tertiary/aromatic N) is 5. The van der Waals surface area contributed by atoms with Crippen molar-refractivity contribution in [3.8, 4) is 17.3 Å². The highest BCUT2D eigenvalue weighted by molar-refractivity contribution is 7.16. The van der Waals surface area contributed by atoms with Gasteiger partial charge in [-0.2, -0.15) is 14.9 Å². The van der Waals surface area contributed by atoms with E-state index in [1.165, 1.54) is 11.3 Å². The Morgan fingerprint density at radius 2 is 2.26 bits per heavy atom. The van der Waals surface area contributed by atoms with Gasteiger partial charge < -0.3 is 0 Å². The molecule has 0 aromatic carbocycles. The van der Waals surface area contributed by atoms with Gasteiger partial charge in [-0.05, 0) is 12.1 Å². The fraction of sp³-hybridized carbons (Fsp3) is 0.231. The van der Waals surface area contributed by atoms with Crippen LogP contribution in [-0.2, 0) is 0 Å². The lowest BCUT2D eigenvalue weighted by Gasteiger charge is -1.97. The van der Waals surface area contributed by atoms with Crippen LogP contribution < -0.4 is 0 Å². The molecule has 0 amide bonds. The van der Waals surface area contributed by atoms with Gasteiger partial charge in [0.05, 0.1) is 0 Å². The lowest BCUT2D eigenvalue weighted by atomic mass is 10.2. The molecule has 0 fully saturated rings. The molecule has 6 heteroatoms. The van der Waals surface area contributed by atoms with E-state index in [-0.39, 0.29) is 0 Å². The van der Waals surface area contributed by atoms with Crippen molar-refractivity contribution in [3.63, 3.8) is 0 Å². The Morgan fingerprint density at radius 1 is 1.42 bits per heavy atom. The van der Waals surface area contributed by atoms with Crippen molar-refractivity contribution >= 4 is 16.3 Å². The van der Waals surface area contributed by atoms with Crippen LogP contribution in [0, 0.1) is 11.3 Å². The first-order chi connectivity index (χ1) is 9.20. The molecule has 3 rings (SSSR count). The van der Waals surface area contributed by atoms with E-state index < -0.39 is 0 Å². The standard InChI is InChI=1S/C13H11N5S/c1-8(2)12-17-18-10(6-14)11(16-13(18)19-12)9-4-3-5-15-7-9/h3-5,7-8H,1-2H3. The number of hydrogen-bond acceptors (Lipinski definition) is 5. The predicted molar refractivity (Wildman–Crippen MR) is 72.9 cm³/mol. The minimum Gasteiger partial charge on any atom is -0.264 e. The normalized spacial score (nSPS) is 11.1. The lowest BCUT2D eigenvalue weighted by molar-refractivity contribution is 0.798. The van der Waals surface area contributed by atoms with Crippen LogP contribution in [0.25, 0.3) is 16.2 Å². The summed E-state index contributed by atoms with van der Waals surface area (Å²) in [6.07, 6.45) is 3.40. The summed E-state index contributed by atoms with van der Waals surface area (Å²) in [7, 11) is 0. The molecule has 0 bridgehead atoms. The number of hydrogen-bond donors (Lipinski definition) is 0. The number of imidazole rings is 1. The molecule has 94 valence electrons. The van der Waals surface area contributed by atoms with Crippen LogP contribution in [0.5, 0.6) is 0 Å². The van der Waals surface area contributed by atoms with E-state index >= 15 is 0 Å². The molecule has 0 spiro atoms. The molecule has 0 aliphatic heterocycles. The maximum atomic E-state index is 9.35. The second kappa shape index (κ2) is 4.44. The molecule has 3 heterocycles. The minimum absolute atomic E-state index is 0.333. The smallest absolute Gasteiger partial charge is 0.214 e. The highest BCUT2D eigenvalue weighted by Gasteiger charge is 2.18. The van der Waals surface area contributed by atoms with Crippen molar-refractivity contribution in [1.82, 2.24) is 19.6 Å². The molecular weight excluding hydrogens is 258 g/mol.